The van der Waals surface area contributed by atoms with E-state index in [9.17, 15) is 0 Å². The van der Waals surface area contributed by atoms with Gasteiger partial charge in [-0.3, -0.25) is 0 Å². The van der Waals surface area contributed by atoms with Crippen LogP contribution in [0.15, 0.2) is 23.3 Å². The highest BCUT2D eigenvalue weighted by molar-refractivity contribution is 5.38. The highest BCUT2D eigenvalue weighted by Gasteiger charge is 2.45. The summed E-state index contributed by atoms with van der Waals surface area (Å²) in [6, 6.07) is 0. The van der Waals surface area contributed by atoms with E-state index in [2.05, 4.69) is 53.7 Å². The normalized spacial score (nSPS) is 29.8. The van der Waals surface area contributed by atoms with Gasteiger partial charge in [0.15, 0.2) is 0 Å². The molecule has 0 aromatic rings. The molecule has 0 fully saturated rings. The minimum atomic E-state index is 0.386. The average Bonchev–Trinajstić information content (AvgIpc) is 2.54. The van der Waals surface area contributed by atoms with Crippen LogP contribution in [0.5, 0.6) is 0 Å². The second-order valence-corrected chi connectivity index (χ2v) is 8.02. The monoisotopic (exact) mass is 232 g/mol. The highest BCUT2D eigenvalue weighted by Crippen LogP contribution is 2.55. The van der Waals surface area contributed by atoms with Crippen LogP contribution in [0.1, 0.15) is 60.8 Å². The molecule has 0 aromatic carbocycles. The van der Waals surface area contributed by atoms with Gasteiger partial charge in [0.25, 0.3) is 0 Å². The van der Waals surface area contributed by atoms with Gasteiger partial charge in [-0.15, -0.1) is 0 Å². The van der Waals surface area contributed by atoms with Crippen LogP contribution in [0.25, 0.3) is 0 Å². The van der Waals surface area contributed by atoms with Crippen molar-refractivity contribution in [2.24, 2.45) is 22.7 Å². The van der Waals surface area contributed by atoms with Crippen molar-refractivity contribution in [2.45, 2.75) is 60.8 Å². The third kappa shape index (κ3) is 2.37. The van der Waals surface area contributed by atoms with Crippen LogP contribution in [-0.2, 0) is 0 Å². The third-order valence-electron chi connectivity index (χ3n) is 4.57. The Morgan fingerprint density at radius 3 is 2.18 bits per heavy atom. The van der Waals surface area contributed by atoms with Crippen LogP contribution in [0.2, 0.25) is 0 Å². The van der Waals surface area contributed by atoms with E-state index in [0.717, 1.165) is 11.8 Å². The molecule has 0 bridgehead atoms. The molecular weight excluding hydrogens is 204 g/mol. The van der Waals surface area contributed by atoms with E-state index >= 15 is 0 Å². The molecule has 2 aliphatic rings. The van der Waals surface area contributed by atoms with Crippen LogP contribution < -0.4 is 0 Å². The standard InChI is InChI=1S/C17H28/c1-16(2,3)14-11-12-9-7-8-10-13(12)15(14)17(4,5)6/h8,10,14-15H,7,9,11H2,1-6H3. The van der Waals surface area contributed by atoms with Gasteiger partial charge in [0, 0.05) is 0 Å². The van der Waals surface area contributed by atoms with Gasteiger partial charge in [0.1, 0.15) is 0 Å². The first-order valence-corrected chi connectivity index (χ1v) is 7.09. The number of rotatable bonds is 0. The van der Waals surface area contributed by atoms with Gasteiger partial charge in [-0.25, -0.2) is 0 Å². The van der Waals surface area contributed by atoms with Crippen LogP contribution in [0, 0.1) is 22.7 Å². The van der Waals surface area contributed by atoms with E-state index in [0.29, 0.717) is 10.8 Å². The van der Waals surface area contributed by atoms with Crippen molar-refractivity contribution >= 4 is 0 Å². The molecule has 0 nitrogen and oxygen atoms in total. The molecule has 17 heavy (non-hydrogen) atoms. The first kappa shape index (κ1) is 12.9. The largest absolute Gasteiger partial charge is 0.0839 e. The molecule has 0 N–H and O–H groups in total. The van der Waals surface area contributed by atoms with E-state index in [1.54, 1.807) is 11.1 Å². The third-order valence-corrected chi connectivity index (χ3v) is 4.57. The Morgan fingerprint density at radius 2 is 1.65 bits per heavy atom. The zero-order chi connectivity index (χ0) is 12.8. The van der Waals surface area contributed by atoms with Gasteiger partial charge >= 0.3 is 0 Å². The first-order valence-electron chi connectivity index (χ1n) is 7.09. The fraction of sp³-hybridized carbons (Fsp3) is 0.765. The lowest BCUT2D eigenvalue weighted by molar-refractivity contribution is 0.114. The zero-order valence-corrected chi connectivity index (χ0v) is 12.4. The molecule has 2 aliphatic carbocycles. The lowest BCUT2D eigenvalue weighted by Crippen LogP contribution is -2.33. The zero-order valence-electron chi connectivity index (χ0n) is 12.4. The Bertz CT molecular complexity index is 354. The Labute approximate surface area is 107 Å². The summed E-state index contributed by atoms with van der Waals surface area (Å²) < 4.78 is 0. The summed E-state index contributed by atoms with van der Waals surface area (Å²) in [6.07, 6.45) is 8.71. The molecule has 0 aliphatic heterocycles. The van der Waals surface area contributed by atoms with Crippen LogP contribution >= 0.6 is 0 Å². The summed E-state index contributed by atoms with van der Waals surface area (Å²) in [5.74, 6) is 1.56. The predicted molar refractivity (Wildman–Crippen MR) is 75.9 cm³/mol. The van der Waals surface area contributed by atoms with Gasteiger partial charge in [0.05, 0.1) is 0 Å². The van der Waals surface area contributed by atoms with E-state index < -0.39 is 0 Å². The molecule has 0 saturated heterocycles. The van der Waals surface area contributed by atoms with Gasteiger partial charge in [-0.2, -0.15) is 0 Å². The van der Waals surface area contributed by atoms with Crippen molar-refractivity contribution in [1.29, 1.82) is 0 Å². The maximum atomic E-state index is 2.43. The average molecular weight is 232 g/mol. The Hall–Kier alpha value is -0.520. The van der Waals surface area contributed by atoms with E-state index in [4.69, 9.17) is 0 Å². The Morgan fingerprint density at radius 1 is 1.00 bits per heavy atom. The number of hydrogen-bond acceptors (Lipinski definition) is 0. The molecule has 0 heterocycles. The molecule has 0 aromatic heterocycles. The smallest absolute Gasteiger partial charge is 0.00774 e. The summed E-state index contributed by atoms with van der Waals surface area (Å²) in [4.78, 5) is 0. The number of hydrogen-bond donors (Lipinski definition) is 0. The van der Waals surface area contributed by atoms with Gasteiger partial charge < -0.3 is 0 Å². The molecule has 0 heteroatoms. The van der Waals surface area contributed by atoms with Gasteiger partial charge in [-0.05, 0) is 47.5 Å². The fourth-order valence-electron chi connectivity index (χ4n) is 3.75. The van der Waals surface area contributed by atoms with Gasteiger partial charge in [-0.1, -0.05) is 59.3 Å². The van der Waals surface area contributed by atoms with E-state index in [1.165, 1.54) is 19.3 Å². The minimum absolute atomic E-state index is 0.386. The summed E-state index contributed by atoms with van der Waals surface area (Å²) >= 11 is 0. The van der Waals surface area contributed by atoms with E-state index in [-0.39, 0.29) is 0 Å². The Kier molecular flexibility index (Phi) is 3.04. The predicted octanol–water partition coefficient (Wildman–Crippen LogP) is 5.36. The molecule has 2 rings (SSSR count). The van der Waals surface area contributed by atoms with Crippen LogP contribution in [0.3, 0.4) is 0 Å². The Balaban J connectivity index is 2.39. The molecule has 0 amide bonds. The second kappa shape index (κ2) is 4.00. The van der Waals surface area contributed by atoms with E-state index in [1.807, 2.05) is 0 Å². The van der Waals surface area contributed by atoms with Crippen molar-refractivity contribution in [3.63, 3.8) is 0 Å². The summed E-state index contributed by atoms with van der Waals surface area (Å²) in [7, 11) is 0. The molecule has 0 saturated carbocycles. The van der Waals surface area contributed by atoms with Crippen molar-refractivity contribution in [3.05, 3.63) is 23.3 Å². The lowest BCUT2D eigenvalue weighted by Gasteiger charge is -2.41. The fourth-order valence-corrected chi connectivity index (χ4v) is 3.75. The maximum Gasteiger partial charge on any atom is -0.00774 e. The first-order chi connectivity index (χ1) is 7.71. The topological polar surface area (TPSA) is 0 Å². The minimum Gasteiger partial charge on any atom is -0.0839 e. The summed E-state index contributed by atoms with van der Waals surface area (Å²) in [6.45, 7) is 14.5. The van der Waals surface area contributed by atoms with Crippen molar-refractivity contribution in [3.8, 4) is 0 Å². The van der Waals surface area contributed by atoms with Crippen LogP contribution in [0.4, 0.5) is 0 Å². The van der Waals surface area contributed by atoms with Crippen molar-refractivity contribution < 1.29 is 0 Å². The molecule has 2 atom stereocenters. The molecule has 2 unspecified atom stereocenters. The quantitative estimate of drug-likeness (QED) is 0.527. The molecule has 0 spiro atoms. The van der Waals surface area contributed by atoms with Gasteiger partial charge in [0.2, 0.25) is 0 Å². The molecule has 0 radical (unpaired) electrons. The molecule has 96 valence electrons. The lowest BCUT2D eigenvalue weighted by atomic mass is 9.64. The summed E-state index contributed by atoms with van der Waals surface area (Å²) in [5, 5.41) is 0. The number of allylic oxidation sites excluding steroid dienone is 4. The van der Waals surface area contributed by atoms with Crippen LogP contribution in [-0.4, -0.2) is 0 Å². The molecular formula is C17H28. The van der Waals surface area contributed by atoms with Crippen molar-refractivity contribution in [2.75, 3.05) is 0 Å². The highest BCUT2D eigenvalue weighted by atomic mass is 14.5. The maximum absolute atomic E-state index is 2.43. The second-order valence-electron chi connectivity index (χ2n) is 8.02. The summed E-state index contributed by atoms with van der Waals surface area (Å²) in [5.41, 5.74) is 4.25. The van der Waals surface area contributed by atoms with Crippen molar-refractivity contribution in [1.82, 2.24) is 0 Å². The SMILES string of the molecule is CC(C)(C)C1CC2=C(C=CCC2)C1C(C)(C)C.